The fourth-order valence-electron chi connectivity index (χ4n) is 1.17. The van der Waals surface area contributed by atoms with Crippen molar-refractivity contribution in [3.8, 4) is 0 Å². The Hall–Kier alpha value is -1.51. The number of carbonyl (C=O) groups excluding carboxylic acids is 1. The van der Waals surface area contributed by atoms with E-state index in [1.165, 1.54) is 0 Å². The summed E-state index contributed by atoms with van der Waals surface area (Å²) in [6.07, 6.45) is 1.45. The first kappa shape index (κ1) is 10.6. The summed E-state index contributed by atoms with van der Waals surface area (Å²) in [6.45, 7) is 1.99. The van der Waals surface area contributed by atoms with Gasteiger partial charge in [0.25, 0.3) is 0 Å². The average Bonchev–Trinajstić information content (AvgIpc) is 2.19. The minimum Gasteiger partial charge on any atom is -0.388 e. The number of hydrogen-bond acceptors (Lipinski definition) is 2. The Morgan fingerprint density at radius 1 is 1.21 bits per heavy atom. The highest BCUT2D eigenvalue weighted by molar-refractivity contribution is 5.90. The molecule has 3 nitrogen and oxygen atoms in total. The van der Waals surface area contributed by atoms with Gasteiger partial charge in [-0.2, -0.15) is 0 Å². The summed E-state index contributed by atoms with van der Waals surface area (Å²) in [7, 11) is 1.87. The van der Waals surface area contributed by atoms with Crippen LogP contribution in [-0.4, -0.2) is 13.0 Å². The quantitative estimate of drug-likeness (QED) is 0.769. The van der Waals surface area contributed by atoms with Gasteiger partial charge in [-0.3, -0.25) is 4.79 Å². The minimum atomic E-state index is 0.0738. The molecule has 0 bridgehead atoms. The number of carbonyl (C=O) groups is 1. The molecule has 0 aliphatic heterocycles. The number of anilines is 2. The molecule has 0 fully saturated rings. The van der Waals surface area contributed by atoms with E-state index in [0.29, 0.717) is 6.42 Å². The van der Waals surface area contributed by atoms with E-state index >= 15 is 0 Å². The Morgan fingerprint density at radius 3 is 2.29 bits per heavy atom. The maximum absolute atomic E-state index is 11.2. The standard InChI is InChI=1S/C11H16N2O/c1-3-4-11(14)13-10-7-5-9(12-2)6-8-10/h5-8,12H,3-4H2,1-2H3,(H,13,14). The Kier molecular flexibility index (Phi) is 3.98. The van der Waals surface area contributed by atoms with Crippen LogP contribution in [0, 0.1) is 0 Å². The average molecular weight is 192 g/mol. The molecule has 2 N–H and O–H groups in total. The third-order valence-electron chi connectivity index (χ3n) is 1.93. The summed E-state index contributed by atoms with van der Waals surface area (Å²) in [5, 5.41) is 5.85. The van der Waals surface area contributed by atoms with Crippen LogP contribution < -0.4 is 10.6 Å². The Bertz CT molecular complexity index is 293. The molecule has 0 aliphatic rings. The summed E-state index contributed by atoms with van der Waals surface area (Å²) in [5.74, 6) is 0.0738. The van der Waals surface area contributed by atoms with Crippen molar-refractivity contribution in [2.75, 3.05) is 17.7 Å². The predicted octanol–water partition coefficient (Wildman–Crippen LogP) is 2.47. The van der Waals surface area contributed by atoms with E-state index in [4.69, 9.17) is 0 Å². The van der Waals surface area contributed by atoms with Gasteiger partial charge in [0.1, 0.15) is 0 Å². The summed E-state index contributed by atoms with van der Waals surface area (Å²) < 4.78 is 0. The van der Waals surface area contributed by atoms with Gasteiger partial charge in [0.2, 0.25) is 5.91 Å². The van der Waals surface area contributed by atoms with Gasteiger partial charge in [-0.25, -0.2) is 0 Å². The van der Waals surface area contributed by atoms with Crippen LogP contribution in [0.2, 0.25) is 0 Å². The fraction of sp³-hybridized carbons (Fsp3) is 0.364. The van der Waals surface area contributed by atoms with Gasteiger partial charge >= 0.3 is 0 Å². The van der Waals surface area contributed by atoms with Crippen molar-refractivity contribution in [2.24, 2.45) is 0 Å². The SMILES string of the molecule is CCCC(=O)Nc1ccc(NC)cc1. The first-order chi connectivity index (χ1) is 6.76. The summed E-state index contributed by atoms with van der Waals surface area (Å²) in [5.41, 5.74) is 1.89. The highest BCUT2D eigenvalue weighted by atomic mass is 16.1. The van der Waals surface area contributed by atoms with Crippen LogP contribution in [0.5, 0.6) is 0 Å². The van der Waals surface area contributed by atoms with Crippen LogP contribution in [-0.2, 0) is 4.79 Å². The number of hydrogen-bond donors (Lipinski definition) is 2. The van der Waals surface area contributed by atoms with E-state index in [2.05, 4.69) is 10.6 Å². The zero-order chi connectivity index (χ0) is 10.4. The minimum absolute atomic E-state index is 0.0738. The van der Waals surface area contributed by atoms with Crippen molar-refractivity contribution in [1.82, 2.24) is 0 Å². The maximum Gasteiger partial charge on any atom is 0.224 e. The van der Waals surface area contributed by atoms with Crippen molar-refractivity contribution in [3.63, 3.8) is 0 Å². The monoisotopic (exact) mass is 192 g/mol. The van der Waals surface area contributed by atoms with Crippen molar-refractivity contribution < 1.29 is 4.79 Å². The molecule has 0 radical (unpaired) electrons. The van der Waals surface area contributed by atoms with E-state index in [0.717, 1.165) is 17.8 Å². The molecular weight excluding hydrogens is 176 g/mol. The largest absolute Gasteiger partial charge is 0.388 e. The molecule has 3 heteroatoms. The highest BCUT2D eigenvalue weighted by Gasteiger charge is 1.99. The van der Waals surface area contributed by atoms with Crippen LogP contribution in [0.15, 0.2) is 24.3 Å². The van der Waals surface area contributed by atoms with Crippen LogP contribution in [0.25, 0.3) is 0 Å². The third kappa shape index (κ3) is 3.09. The van der Waals surface area contributed by atoms with Gasteiger partial charge in [-0.15, -0.1) is 0 Å². The van der Waals surface area contributed by atoms with Crippen LogP contribution in [0.3, 0.4) is 0 Å². The molecule has 1 aromatic carbocycles. The highest BCUT2D eigenvalue weighted by Crippen LogP contribution is 2.12. The van der Waals surface area contributed by atoms with Gasteiger partial charge in [0, 0.05) is 24.8 Å². The number of nitrogens with one attached hydrogen (secondary N) is 2. The summed E-state index contributed by atoms with van der Waals surface area (Å²) >= 11 is 0. The van der Waals surface area contributed by atoms with Gasteiger partial charge in [0.15, 0.2) is 0 Å². The first-order valence-electron chi connectivity index (χ1n) is 4.84. The maximum atomic E-state index is 11.2. The lowest BCUT2D eigenvalue weighted by Crippen LogP contribution is -2.10. The molecule has 1 rings (SSSR count). The molecule has 14 heavy (non-hydrogen) atoms. The van der Waals surface area contributed by atoms with Crippen LogP contribution >= 0.6 is 0 Å². The Morgan fingerprint density at radius 2 is 1.79 bits per heavy atom. The molecule has 0 atom stereocenters. The lowest BCUT2D eigenvalue weighted by Gasteiger charge is -2.05. The molecule has 0 spiro atoms. The van der Waals surface area contributed by atoms with E-state index in [-0.39, 0.29) is 5.91 Å². The van der Waals surface area contributed by atoms with Crippen molar-refractivity contribution in [1.29, 1.82) is 0 Å². The van der Waals surface area contributed by atoms with Gasteiger partial charge in [0.05, 0.1) is 0 Å². The van der Waals surface area contributed by atoms with Crippen LogP contribution in [0.1, 0.15) is 19.8 Å². The molecule has 1 aromatic rings. The number of rotatable bonds is 4. The second kappa shape index (κ2) is 5.27. The molecule has 0 saturated carbocycles. The second-order valence-corrected chi connectivity index (χ2v) is 3.13. The Balaban J connectivity index is 2.55. The zero-order valence-electron chi connectivity index (χ0n) is 8.63. The molecule has 76 valence electrons. The normalized spacial score (nSPS) is 9.57. The van der Waals surface area contributed by atoms with E-state index in [1.54, 1.807) is 0 Å². The molecule has 0 aliphatic carbocycles. The fourth-order valence-corrected chi connectivity index (χ4v) is 1.17. The first-order valence-corrected chi connectivity index (χ1v) is 4.84. The molecule has 0 unspecified atom stereocenters. The van der Waals surface area contributed by atoms with Gasteiger partial charge < -0.3 is 10.6 Å². The molecule has 0 saturated heterocycles. The lowest BCUT2D eigenvalue weighted by atomic mass is 10.2. The molecule has 1 amide bonds. The molecular formula is C11H16N2O. The smallest absolute Gasteiger partial charge is 0.224 e. The van der Waals surface area contributed by atoms with Gasteiger partial charge in [-0.1, -0.05) is 6.92 Å². The number of benzene rings is 1. The second-order valence-electron chi connectivity index (χ2n) is 3.13. The lowest BCUT2D eigenvalue weighted by molar-refractivity contribution is -0.116. The topological polar surface area (TPSA) is 41.1 Å². The molecule has 0 heterocycles. The van der Waals surface area contributed by atoms with Crippen molar-refractivity contribution in [3.05, 3.63) is 24.3 Å². The van der Waals surface area contributed by atoms with Crippen molar-refractivity contribution in [2.45, 2.75) is 19.8 Å². The van der Waals surface area contributed by atoms with E-state index in [1.807, 2.05) is 38.2 Å². The predicted molar refractivity (Wildman–Crippen MR) is 59.5 cm³/mol. The summed E-state index contributed by atoms with van der Waals surface area (Å²) in [4.78, 5) is 11.2. The zero-order valence-corrected chi connectivity index (χ0v) is 8.63. The summed E-state index contributed by atoms with van der Waals surface area (Å²) in [6, 6.07) is 7.64. The van der Waals surface area contributed by atoms with E-state index < -0.39 is 0 Å². The van der Waals surface area contributed by atoms with Gasteiger partial charge in [-0.05, 0) is 30.7 Å². The molecule has 0 aromatic heterocycles. The van der Waals surface area contributed by atoms with E-state index in [9.17, 15) is 4.79 Å². The third-order valence-corrected chi connectivity index (χ3v) is 1.93. The van der Waals surface area contributed by atoms with Crippen molar-refractivity contribution >= 4 is 17.3 Å². The van der Waals surface area contributed by atoms with Crippen LogP contribution in [0.4, 0.5) is 11.4 Å². The Labute approximate surface area is 84.5 Å². The number of amides is 1.